The lowest BCUT2D eigenvalue weighted by atomic mass is 9.96. The number of nitrogens with zero attached hydrogens (tertiary/aromatic N) is 2. The van der Waals surface area contributed by atoms with Crippen LogP contribution in [0.3, 0.4) is 0 Å². The summed E-state index contributed by atoms with van der Waals surface area (Å²) >= 11 is 0. The molecule has 0 saturated heterocycles. The van der Waals surface area contributed by atoms with Crippen LogP contribution < -0.4 is 33.2 Å². The molecule has 0 spiro atoms. The van der Waals surface area contributed by atoms with Gasteiger partial charge >= 0.3 is 5.97 Å². The molecular formula is C23H41N9O5. The standard InChI is InChI=1S/C23H41N9O5/c1-5-13(4)18(32-19(33)15(24)9-14-10-27-11-29-14)21(35)31-17(12(2)3)20(34)30-16(22(36)37)7-6-8-28-23(25)26/h10-13,15-18H,5-9,24H2,1-4H3,(H,27,29)(H,30,34)(H,31,35)(H,32,33)(H,36,37)(H4,25,26,28). The average molecular weight is 524 g/mol. The number of nitrogens with one attached hydrogen (secondary N) is 4. The highest BCUT2D eigenvalue weighted by Gasteiger charge is 2.33. The lowest BCUT2D eigenvalue weighted by Crippen LogP contribution is -2.59. The van der Waals surface area contributed by atoms with Gasteiger partial charge in [0, 0.05) is 24.9 Å². The van der Waals surface area contributed by atoms with Gasteiger partial charge in [-0.05, 0) is 24.7 Å². The van der Waals surface area contributed by atoms with Gasteiger partial charge in [0.05, 0.1) is 12.4 Å². The van der Waals surface area contributed by atoms with Gasteiger partial charge in [0.25, 0.3) is 0 Å². The van der Waals surface area contributed by atoms with Crippen molar-refractivity contribution in [2.75, 3.05) is 6.54 Å². The molecule has 0 radical (unpaired) electrons. The Balaban J connectivity index is 2.89. The average Bonchev–Trinajstić information content (AvgIpc) is 3.34. The molecule has 3 amide bonds. The number of nitrogens with two attached hydrogens (primary N) is 3. The second-order valence-electron chi connectivity index (χ2n) is 9.34. The van der Waals surface area contributed by atoms with E-state index in [9.17, 15) is 24.3 Å². The molecule has 0 saturated carbocycles. The monoisotopic (exact) mass is 523 g/mol. The first kappa shape index (κ1) is 31.4. The van der Waals surface area contributed by atoms with Crippen molar-refractivity contribution < 1.29 is 24.3 Å². The van der Waals surface area contributed by atoms with Gasteiger partial charge in [-0.25, -0.2) is 9.78 Å². The summed E-state index contributed by atoms with van der Waals surface area (Å²) in [6.07, 6.45) is 4.24. The summed E-state index contributed by atoms with van der Waals surface area (Å²) in [6.45, 7) is 7.32. The fourth-order valence-corrected chi connectivity index (χ4v) is 3.49. The van der Waals surface area contributed by atoms with Gasteiger partial charge in [0.15, 0.2) is 5.96 Å². The minimum atomic E-state index is -1.22. The van der Waals surface area contributed by atoms with Crippen LogP contribution in [-0.4, -0.2) is 75.4 Å². The number of guanidine groups is 1. The Bertz CT molecular complexity index is 916. The Morgan fingerprint density at radius 2 is 1.68 bits per heavy atom. The van der Waals surface area contributed by atoms with Crippen LogP contribution in [0.2, 0.25) is 0 Å². The highest BCUT2D eigenvalue weighted by atomic mass is 16.4. The Morgan fingerprint density at radius 3 is 2.19 bits per heavy atom. The lowest BCUT2D eigenvalue weighted by Gasteiger charge is -2.29. The molecule has 14 heteroatoms. The molecule has 0 bridgehead atoms. The molecule has 5 atom stereocenters. The normalized spacial score (nSPS) is 15.1. The molecule has 0 aliphatic carbocycles. The zero-order chi connectivity index (χ0) is 28.1. The second-order valence-corrected chi connectivity index (χ2v) is 9.34. The van der Waals surface area contributed by atoms with Crippen molar-refractivity contribution in [2.24, 2.45) is 34.0 Å². The molecule has 11 N–H and O–H groups in total. The number of imidazole rings is 1. The number of carbonyl (C=O) groups excluding carboxylic acids is 3. The van der Waals surface area contributed by atoms with E-state index in [1.54, 1.807) is 27.0 Å². The third-order valence-electron chi connectivity index (χ3n) is 5.93. The number of aliphatic carboxylic acids is 1. The molecule has 37 heavy (non-hydrogen) atoms. The van der Waals surface area contributed by atoms with E-state index >= 15 is 0 Å². The number of carbonyl (C=O) groups is 4. The molecule has 1 rings (SSSR count). The molecule has 0 aliphatic heterocycles. The number of aromatic nitrogens is 2. The Labute approximate surface area is 216 Å². The quantitative estimate of drug-likeness (QED) is 0.0718. The van der Waals surface area contributed by atoms with Crippen molar-refractivity contribution >= 4 is 29.7 Å². The number of aliphatic imine (C=N–C) groups is 1. The minimum absolute atomic E-state index is 0.0936. The van der Waals surface area contributed by atoms with Crippen molar-refractivity contribution in [2.45, 2.75) is 77.5 Å². The number of carboxylic acids is 1. The number of rotatable bonds is 16. The van der Waals surface area contributed by atoms with E-state index in [2.05, 4.69) is 30.9 Å². The summed E-state index contributed by atoms with van der Waals surface area (Å²) in [4.78, 5) is 61.1. The first-order valence-corrected chi connectivity index (χ1v) is 12.3. The van der Waals surface area contributed by atoms with Crippen LogP contribution in [0.15, 0.2) is 17.5 Å². The van der Waals surface area contributed by atoms with E-state index in [-0.39, 0.29) is 37.2 Å². The number of H-pyrrole nitrogens is 1. The molecule has 14 nitrogen and oxygen atoms in total. The summed E-state index contributed by atoms with van der Waals surface area (Å²) < 4.78 is 0. The van der Waals surface area contributed by atoms with E-state index in [1.807, 2.05) is 6.92 Å². The third-order valence-corrected chi connectivity index (χ3v) is 5.93. The van der Waals surface area contributed by atoms with Gasteiger partial charge in [-0.3, -0.25) is 19.4 Å². The van der Waals surface area contributed by atoms with Crippen molar-refractivity contribution in [3.63, 3.8) is 0 Å². The van der Waals surface area contributed by atoms with Crippen LogP contribution in [0.4, 0.5) is 0 Å². The zero-order valence-electron chi connectivity index (χ0n) is 21.9. The van der Waals surface area contributed by atoms with E-state index in [0.29, 0.717) is 18.5 Å². The SMILES string of the molecule is CCC(C)C(NC(=O)C(N)Cc1cnc[nH]1)C(=O)NC(C(=O)NC(CCCN=C(N)N)C(=O)O)C(C)C. The van der Waals surface area contributed by atoms with Crippen LogP contribution >= 0.6 is 0 Å². The first-order chi connectivity index (χ1) is 17.4. The van der Waals surface area contributed by atoms with Crippen LogP contribution in [0, 0.1) is 11.8 Å². The number of hydrogen-bond acceptors (Lipinski definition) is 7. The first-order valence-electron chi connectivity index (χ1n) is 12.3. The van der Waals surface area contributed by atoms with Gasteiger partial charge in [0.1, 0.15) is 18.1 Å². The van der Waals surface area contributed by atoms with Crippen molar-refractivity contribution in [3.05, 3.63) is 18.2 Å². The van der Waals surface area contributed by atoms with Gasteiger partial charge < -0.3 is 43.2 Å². The van der Waals surface area contributed by atoms with Crippen LogP contribution in [0.25, 0.3) is 0 Å². The topological polar surface area (TPSA) is 244 Å². The van der Waals surface area contributed by atoms with E-state index < -0.39 is 47.9 Å². The third kappa shape index (κ3) is 10.9. The Morgan fingerprint density at radius 1 is 1.05 bits per heavy atom. The van der Waals surface area contributed by atoms with Gasteiger partial charge in [-0.2, -0.15) is 0 Å². The minimum Gasteiger partial charge on any atom is -0.480 e. The lowest BCUT2D eigenvalue weighted by molar-refractivity contribution is -0.143. The predicted octanol–water partition coefficient (Wildman–Crippen LogP) is -1.43. The maximum Gasteiger partial charge on any atom is 0.326 e. The maximum atomic E-state index is 13.2. The molecule has 1 heterocycles. The summed E-state index contributed by atoms with van der Waals surface area (Å²) in [7, 11) is 0. The predicted molar refractivity (Wildman–Crippen MR) is 138 cm³/mol. The molecule has 1 aromatic rings. The molecular weight excluding hydrogens is 482 g/mol. The highest BCUT2D eigenvalue weighted by Crippen LogP contribution is 2.11. The summed E-state index contributed by atoms with van der Waals surface area (Å²) in [6, 6.07) is -4.09. The number of aromatic amines is 1. The summed E-state index contributed by atoms with van der Waals surface area (Å²) in [5.41, 5.74) is 17.2. The molecule has 0 aliphatic rings. The molecule has 0 fully saturated rings. The number of hydrogen-bond donors (Lipinski definition) is 8. The van der Waals surface area contributed by atoms with Gasteiger partial charge in [0.2, 0.25) is 17.7 Å². The van der Waals surface area contributed by atoms with Crippen molar-refractivity contribution in [3.8, 4) is 0 Å². The van der Waals surface area contributed by atoms with E-state index in [1.165, 1.54) is 6.33 Å². The summed E-state index contributed by atoms with van der Waals surface area (Å²) in [5.74, 6) is -3.69. The fraction of sp³-hybridized carbons (Fsp3) is 0.652. The van der Waals surface area contributed by atoms with Gasteiger partial charge in [-0.15, -0.1) is 0 Å². The van der Waals surface area contributed by atoms with Crippen molar-refractivity contribution in [1.29, 1.82) is 0 Å². The molecule has 208 valence electrons. The number of carboxylic acid groups (broad SMARTS) is 1. The van der Waals surface area contributed by atoms with Gasteiger partial charge in [-0.1, -0.05) is 34.1 Å². The van der Waals surface area contributed by atoms with Crippen molar-refractivity contribution in [1.82, 2.24) is 25.9 Å². The Kier molecular flexibility index (Phi) is 13.1. The van der Waals surface area contributed by atoms with Crippen LogP contribution in [0.1, 0.15) is 52.7 Å². The Hall–Kier alpha value is -3.68. The smallest absolute Gasteiger partial charge is 0.326 e. The molecule has 5 unspecified atom stereocenters. The maximum absolute atomic E-state index is 13.2. The largest absolute Gasteiger partial charge is 0.480 e. The molecule has 1 aromatic heterocycles. The molecule has 0 aromatic carbocycles. The highest BCUT2D eigenvalue weighted by molar-refractivity contribution is 5.94. The van der Waals surface area contributed by atoms with Crippen LogP contribution in [-0.2, 0) is 25.6 Å². The number of amides is 3. The van der Waals surface area contributed by atoms with E-state index in [4.69, 9.17) is 17.2 Å². The second kappa shape index (κ2) is 15.4. The fourth-order valence-electron chi connectivity index (χ4n) is 3.49. The van der Waals surface area contributed by atoms with E-state index in [0.717, 1.165) is 0 Å². The zero-order valence-corrected chi connectivity index (χ0v) is 21.9. The summed E-state index contributed by atoms with van der Waals surface area (Å²) in [5, 5.41) is 17.4. The van der Waals surface area contributed by atoms with Crippen LogP contribution in [0.5, 0.6) is 0 Å².